The molecule has 1 unspecified atom stereocenters. The lowest BCUT2D eigenvalue weighted by atomic mass is 10.1. The van der Waals surface area contributed by atoms with Crippen molar-refractivity contribution in [2.45, 2.75) is 13.8 Å². The van der Waals surface area contributed by atoms with Gasteiger partial charge in [0.25, 0.3) is 5.91 Å². The molecular formula is C9H13NO2S. The average molecular weight is 199 g/mol. The summed E-state index contributed by atoms with van der Waals surface area (Å²) in [7, 11) is 1.52. The molecule has 72 valence electrons. The van der Waals surface area contributed by atoms with Crippen LogP contribution in [0.1, 0.15) is 13.8 Å². The van der Waals surface area contributed by atoms with Crippen LogP contribution in [0, 0.1) is 5.92 Å². The Morgan fingerprint density at radius 3 is 2.69 bits per heavy atom. The van der Waals surface area contributed by atoms with Gasteiger partial charge in [0.1, 0.15) is 0 Å². The molecule has 0 radical (unpaired) electrons. The lowest BCUT2D eigenvalue weighted by Gasteiger charge is -2.25. The van der Waals surface area contributed by atoms with E-state index in [-0.39, 0.29) is 17.7 Å². The van der Waals surface area contributed by atoms with Crippen molar-refractivity contribution in [2.24, 2.45) is 5.92 Å². The molecule has 0 N–H and O–H groups in total. The Balaban J connectivity index is 2.91. The smallest absolute Gasteiger partial charge is 0.253 e. The highest BCUT2D eigenvalue weighted by Gasteiger charge is 2.29. The highest BCUT2D eigenvalue weighted by atomic mass is 32.2. The lowest BCUT2D eigenvalue weighted by Crippen LogP contribution is -2.40. The summed E-state index contributed by atoms with van der Waals surface area (Å²) in [6, 6.07) is 0. The Labute approximate surface area is 82.2 Å². The van der Waals surface area contributed by atoms with Crippen molar-refractivity contribution in [3.05, 3.63) is 11.0 Å². The molecule has 0 spiro atoms. The number of amides is 2. The van der Waals surface area contributed by atoms with Gasteiger partial charge in [0.05, 0.1) is 5.92 Å². The van der Waals surface area contributed by atoms with E-state index in [2.05, 4.69) is 0 Å². The van der Waals surface area contributed by atoms with Gasteiger partial charge in [0.15, 0.2) is 0 Å². The Morgan fingerprint density at radius 2 is 2.15 bits per heavy atom. The van der Waals surface area contributed by atoms with Crippen molar-refractivity contribution in [3.63, 3.8) is 0 Å². The summed E-state index contributed by atoms with van der Waals surface area (Å²) in [6.45, 7) is 3.84. The molecule has 4 heteroatoms. The average Bonchev–Trinajstić information content (AvgIpc) is 2.11. The molecule has 0 saturated carbocycles. The molecule has 2 amide bonds. The van der Waals surface area contributed by atoms with Crippen LogP contribution in [-0.4, -0.2) is 29.5 Å². The van der Waals surface area contributed by atoms with Crippen molar-refractivity contribution in [3.8, 4) is 0 Å². The van der Waals surface area contributed by atoms with Crippen LogP contribution >= 0.6 is 11.8 Å². The summed E-state index contributed by atoms with van der Waals surface area (Å²) in [6.07, 6.45) is 1.56. The fourth-order valence-electron chi connectivity index (χ4n) is 1.20. The third-order valence-corrected chi connectivity index (χ3v) is 3.13. The quantitative estimate of drug-likeness (QED) is 0.628. The second kappa shape index (κ2) is 3.96. The van der Waals surface area contributed by atoms with Crippen molar-refractivity contribution >= 4 is 23.6 Å². The van der Waals surface area contributed by atoms with E-state index in [0.29, 0.717) is 0 Å². The predicted molar refractivity (Wildman–Crippen MR) is 53.2 cm³/mol. The van der Waals surface area contributed by atoms with Gasteiger partial charge in [-0.1, -0.05) is 6.92 Å². The van der Waals surface area contributed by atoms with Gasteiger partial charge < -0.3 is 0 Å². The molecule has 1 rings (SSSR count). The summed E-state index contributed by atoms with van der Waals surface area (Å²) in [5.41, 5.74) is 0. The normalized spacial score (nSPS) is 23.5. The Hall–Kier alpha value is -0.770. The zero-order valence-corrected chi connectivity index (χ0v) is 8.85. The standard InChI is InChI=1S/C9H13NO2S/c1-4-13-7-5-8(11)10(3)9(12)6(7)2/h5-6H,4H2,1-3H3. The first kappa shape index (κ1) is 10.3. The molecule has 3 nitrogen and oxygen atoms in total. The van der Waals surface area contributed by atoms with Crippen molar-refractivity contribution in [1.82, 2.24) is 4.90 Å². The fourth-order valence-corrected chi connectivity index (χ4v) is 2.07. The highest BCUT2D eigenvalue weighted by molar-refractivity contribution is 8.03. The van der Waals surface area contributed by atoms with Crippen LogP contribution in [-0.2, 0) is 9.59 Å². The van der Waals surface area contributed by atoms with Crippen LogP contribution in [0.5, 0.6) is 0 Å². The Morgan fingerprint density at radius 1 is 1.54 bits per heavy atom. The van der Waals surface area contributed by atoms with Gasteiger partial charge in [-0.25, -0.2) is 0 Å². The van der Waals surface area contributed by atoms with Crippen LogP contribution in [0.3, 0.4) is 0 Å². The van der Waals surface area contributed by atoms with Gasteiger partial charge >= 0.3 is 0 Å². The van der Waals surface area contributed by atoms with E-state index in [4.69, 9.17) is 0 Å². The van der Waals surface area contributed by atoms with Crippen LogP contribution in [0.2, 0.25) is 0 Å². The SMILES string of the molecule is CCSC1=CC(=O)N(C)C(=O)C1C. The van der Waals surface area contributed by atoms with E-state index in [9.17, 15) is 9.59 Å². The molecule has 13 heavy (non-hydrogen) atoms. The molecule has 1 atom stereocenters. The molecule has 0 bridgehead atoms. The summed E-state index contributed by atoms with van der Waals surface area (Å²) in [5.74, 6) is 0.413. The molecule has 1 heterocycles. The number of thioether (sulfide) groups is 1. The summed E-state index contributed by atoms with van der Waals surface area (Å²) in [4.78, 5) is 24.8. The van der Waals surface area contributed by atoms with Crippen LogP contribution in [0.4, 0.5) is 0 Å². The van der Waals surface area contributed by atoms with Crippen LogP contribution < -0.4 is 0 Å². The van der Waals surface area contributed by atoms with E-state index in [0.717, 1.165) is 10.7 Å². The number of carbonyl (C=O) groups excluding carboxylic acids is 2. The molecule has 0 aromatic heterocycles. The van der Waals surface area contributed by atoms with Crippen molar-refractivity contribution < 1.29 is 9.59 Å². The largest absolute Gasteiger partial charge is 0.282 e. The summed E-state index contributed by atoms with van der Waals surface area (Å²) >= 11 is 1.56. The first-order valence-electron chi connectivity index (χ1n) is 4.23. The molecule has 0 fully saturated rings. The van der Waals surface area contributed by atoms with E-state index in [1.165, 1.54) is 11.9 Å². The number of hydrogen-bond donors (Lipinski definition) is 0. The third-order valence-electron chi connectivity index (χ3n) is 2.04. The molecule has 0 aromatic rings. The van der Waals surface area contributed by atoms with Crippen LogP contribution in [0.15, 0.2) is 11.0 Å². The minimum absolute atomic E-state index is 0.108. The monoisotopic (exact) mass is 199 g/mol. The zero-order valence-electron chi connectivity index (χ0n) is 8.03. The van der Waals surface area contributed by atoms with E-state index < -0.39 is 0 Å². The van der Waals surface area contributed by atoms with Gasteiger partial charge in [0.2, 0.25) is 5.91 Å². The van der Waals surface area contributed by atoms with E-state index in [1.54, 1.807) is 17.8 Å². The molecule has 1 aliphatic rings. The fraction of sp³-hybridized carbons (Fsp3) is 0.556. The first-order valence-corrected chi connectivity index (χ1v) is 5.22. The Bertz CT molecular complexity index is 273. The van der Waals surface area contributed by atoms with E-state index >= 15 is 0 Å². The van der Waals surface area contributed by atoms with Gasteiger partial charge in [-0.2, -0.15) is 0 Å². The van der Waals surface area contributed by atoms with Crippen LogP contribution in [0.25, 0.3) is 0 Å². The number of hydrogen-bond acceptors (Lipinski definition) is 3. The second-order valence-electron chi connectivity index (χ2n) is 2.94. The first-order chi connectivity index (χ1) is 6.07. The second-order valence-corrected chi connectivity index (χ2v) is 4.27. The molecular weight excluding hydrogens is 186 g/mol. The number of rotatable bonds is 2. The molecule has 1 aliphatic heterocycles. The number of carbonyl (C=O) groups is 2. The maximum Gasteiger partial charge on any atom is 0.253 e. The molecule has 0 aliphatic carbocycles. The maximum absolute atomic E-state index is 11.5. The Kier molecular flexibility index (Phi) is 3.14. The van der Waals surface area contributed by atoms with E-state index in [1.807, 2.05) is 13.8 Å². The number of imide groups is 1. The molecule has 0 aromatic carbocycles. The maximum atomic E-state index is 11.5. The van der Waals surface area contributed by atoms with Crippen molar-refractivity contribution in [1.29, 1.82) is 0 Å². The lowest BCUT2D eigenvalue weighted by molar-refractivity contribution is -0.142. The highest BCUT2D eigenvalue weighted by Crippen LogP contribution is 2.28. The summed E-state index contributed by atoms with van der Waals surface area (Å²) in [5, 5.41) is 0. The minimum atomic E-state index is -0.209. The number of nitrogens with zero attached hydrogens (tertiary/aromatic N) is 1. The zero-order chi connectivity index (χ0) is 10.0. The third kappa shape index (κ3) is 1.94. The van der Waals surface area contributed by atoms with Gasteiger partial charge in [-0.05, 0) is 12.7 Å². The van der Waals surface area contributed by atoms with Gasteiger partial charge in [-0.3, -0.25) is 14.5 Å². The topological polar surface area (TPSA) is 37.4 Å². The minimum Gasteiger partial charge on any atom is -0.282 e. The van der Waals surface area contributed by atoms with Gasteiger partial charge in [-0.15, -0.1) is 11.8 Å². The van der Waals surface area contributed by atoms with Gasteiger partial charge in [0, 0.05) is 18.0 Å². The summed E-state index contributed by atoms with van der Waals surface area (Å²) < 4.78 is 0. The predicted octanol–water partition coefficient (Wildman–Crippen LogP) is 1.26. The van der Waals surface area contributed by atoms with Crippen molar-refractivity contribution in [2.75, 3.05) is 12.8 Å². The number of likely N-dealkylation sites (N-methyl/N-ethyl adjacent to an activating group) is 1. The molecule has 0 saturated heterocycles.